The molecule has 0 aromatic carbocycles. The Balaban J connectivity index is 1.55. The third-order valence-corrected chi connectivity index (χ3v) is 6.42. The average Bonchev–Trinajstić information content (AvgIpc) is 2.49. The van der Waals surface area contributed by atoms with E-state index in [-0.39, 0.29) is 13.2 Å². The van der Waals surface area contributed by atoms with Crippen molar-refractivity contribution in [3.8, 4) is 0 Å². The number of aliphatic hydroxyl groups excluding tert-OH is 2. The quantitative estimate of drug-likeness (QED) is 0.477. The van der Waals surface area contributed by atoms with Crippen molar-refractivity contribution in [2.75, 3.05) is 78.7 Å². The molecule has 2 N–H and O–H groups in total. The first kappa shape index (κ1) is 16.8. The lowest BCUT2D eigenvalue weighted by Crippen LogP contribution is -2.45. The summed E-state index contributed by atoms with van der Waals surface area (Å²) in [4.78, 5) is 4.63. The molecule has 0 unspecified atom stereocenters. The van der Waals surface area contributed by atoms with Crippen LogP contribution in [-0.2, 0) is 0 Å². The van der Waals surface area contributed by atoms with Crippen LogP contribution in [0.25, 0.3) is 0 Å². The SMILES string of the molecule is OCCN1CCN(SSN2CCN(CCO)CC2)CC1. The standard InChI is InChI=1S/C12H26N4O2S2/c17-11-9-13-1-5-15(6-2-13)19-20-16-7-3-14(4-8-16)10-12-18/h17-18H,1-12H2. The Hall–Kier alpha value is 0.460. The van der Waals surface area contributed by atoms with Crippen molar-refractivity contribution >= 4 is 22.0 Å². The van der Waals surface area contributed by atoms with E-state index in [4.69, 9.17) is 10.2 Å². The van der Waals surface area contributed by atoms with Gasteiger partial charge >= 0.3 is 0 Å². The minimum absolute atomic E-state index is 0.264. The highest BCUT2D eigenvalue weighted by Crippen LogP contribution is 2.31. The van der Waals surface area contributed by atoms with Gasteiger partial charge in [0.15, 0.2) is 0 Å². The van der Waals surface area contributed by atoms with Crippen LogP contribution in [0.2, 0.25) is 0 Å². The molecule has 2 aliphatic heterocycles. The van der Waals surface area contributed by atoms with Gasteiger partial charge in [-0.05, 0) is 0 Å². The minimum atomic E-state index is 0.264. The van der Waals surface area contributed by atoms with Crippen LogP contribution in [0, 0.1) is 0 Å². The molecule has 2 rings (SSSR count). The Morgan fingerprint density at radius 3 is 1.25 bits per heavy atom. The van der Waals surface area contributed by atoms with Gasteiger partial charge in [0.1, 0.15) is 0 Å². The van der Waals surface area contributed by atoms with E-state index >= 15 is 0 Å². The number of hydrogen-bond acceptors (Lipinski definition) is 8. The van der Waals surface area contributed by atoms with Gasteiger partial charge < -0.3 is 10.2 Å². The van der Waals surface area contributed by atoms with Crippen LogP contribution in [0.5, 0.6) is 0 Å². The molecule has 0 radical (unpaired) electrons. The van der Waals surface area contributed by atoms with Gasteiger partial charge in [-0.1, -0.05) is 0 Å². The molecular weight excluding hydrogens is 296 g/mol. The number of aliphatic hydroxyl groups is 2. The van der Waals surface area contributed by atoms with E-state index in [2.05, 4.69) is 18.4 Å². The second kappa shape index (κ2) is 9.47. The number of nitrogens with zero attached hydrogens (tertiary/aromatic N) is 4. The zero-order chi connectivity index (χ0) is 14.2. The Morgan fingerprint density at radius 1 is 0.600 bits per heavy atom. The minimum Gasteiger partial charge on any atom is -0.395 e. The maximum atomic E-state index is 8.93. The van der Waals surface area contributed by atoms with E-state index in [1.807, 2.05) is 22.0 Å². The summed E-state index contributed by atoms with van der Waals surface area (Å²) < 4.78 is 4.83. The highest BCUT2D eigenvalue weighted by molar-refractivity contribution is 8.74. The van der Waals surface area contributed by atoms with Crippen molar-refractivity contribution in [2.45, 2.75) is 0 Å². The number of hydrogen-bond donors (Lipinski definition) is 2. The largest absolute Gasteiger partial charge is 0.395 e. The van der Waals surface area contributed by atoms with E-state index < -0.39 is 0 Å². The Labute approximate surface area is 129 Å². The van der Waals surface area contributed by atoms with Crippen molar-refractivity contribution < 1.29 is 10.2 Å². The molecule has 0 spiro atoms. The zero-order valence-corrected chi connectivity index (χ0v) is 13.6. The van der Waals surface area contributed by atoms with Crippen molar-refractivity contribution in [3.05, 3.63) is 0 Å². The lowest BCUT2D eigenvalue weighted by molar-refractivity contribution is 0.155. The normalized spacial score (nSPS) is 24.3. The van der Waals surface area contributed by atoms with Crippen LogP contribution in [-0.4, -0.2) is 107 Å². The van der Waals surface area contributed by atoms with Gasteiger partial charge in [0.25, 0.3) is 0 Å². The fraction of sp³-hybridized carbons (Fsp3) is 1.00. The lowest BCUT2D eigenvalue weighted by Gasteiger charge is -2.36. The first-order chi connectivity index (χ1) is 9.81. The molecule has 2 heterocycles. The molecule has 20 heavy (non-hydrogen) atoms. The number of piperazine rings is 2. The Bertz CT molecular complexity index is 234. The molecule has 118 valence electrons. The van der Waals surface area contributed by atoms with Gasteiger partial charge in [-0.15, -0.1) is 0 Å². The van der Waals surface area contributed by atoms with Gasteiger partial charge in [-0.2, -0.15) is 0 Å². The first-order valence-corrected chi connectivity index (χ1v) is 9.39. The van der Waals surface area contributed by atoms with E-state index in [1.54, 1.807) is 0 Å². The third kappa shape index (κ3) is 5.69. The average molecular weight is 323 g/mol. The smallest absolute Gasteiger partial charge is 0.0558 e. The summed E-state index contributed by atoms with van der Waals surface area (Å²) in [7, 11) is 3.71. The summed E-state index contributed by atoms with van der Waals surface area (Å²) in [6, 6.07) is 0. The molecule has 0 atom stereocenters. The molecule has 8 heteroatoms. The van der Waals surface area contributed by atoms with Gasteiger partial charge in [0.05, 0.1) is 13.2 Å². The second-order valence-electron chi connectivity index (χ2n) is 5.14. The molecular formula is C12H26N4O2S2. The Kier molecular flexibility index (Phi) is 7.97. The number of rotatable bonds is 7. The maximum Gasteiger partial charge on any atom is 0.0558 e. The van der Waals surface area contributed by atoms with Crippen LogP contribution in [0.4, 0.5) is 0 Å². The molecule has 0 saturated carbocycles. The van der Waals surface area contributed by atoms with E-state index in [1.165, 1.54) is 0 Å². The molecule has 0 amide bonds. The molecule has 2 saturated heterocycles. The molecule has 0 bridgehead atoms. The molecule has 0 aliphatic carbocycles. The van der Waals surface area contributed by atoms with E-state index in [0.717, 1.165) is 65.4 Å². The summed E-state index contributed by atoms with van der Waals surface area (Å²) in [6.07, 6.45) is 0. The van der Waals surface area contributed by atoms with Gasteiger partial charge in [-0.25, -0.2) is 8.61 Å². The summed E-state index contributed by atoms with van der Waals surface area (Å²) in [5.41, 5.74) is 0. The first-order valence-electron chi connectivity index (χ1n) is 7.33. The fourth-order valence-electron chi connectivity index (χ4n) is 2.43. The predicted molar refractivity (Wildman–Crippen MR) is 85.4 cm³/mol. The maximum absolute atomic E-state index is 8.93. The molecule has 0 aromatic heterocycles. The monoisotopic (exact) mass is 322 g/mol. The van der Waals surface area contributed by atoms with Crippen LogP contribution < -0.4 is 0 Å². The summed E-state index contributed by atoms with van der Waals surface area (Å²) in [5, 5.41) is 17.9. The zero-order valence-electron chi connectivity index (χ0n) is 12.0. The third-order valence-electron chi connectivity index (χ3n) is 3.74. The van der Waals surface area contributed by atoms with Crippen molar-refractivity contribution in [1.29, 1.82) is 0 Å². The predicted octanol–water partition coefficient (Wildman–Crippen LogP) is -0.582. The van der Waals surface area contributed by atoms with Crippen molar-refractivity contribution in [1.82, 2.24) is 18.4 Å². The Morgan fingerprint density at radius 2 is 0.950 bits per heavy atom. The van der Waals surface area contributed by atoms with E-state index in [9.17, 15) is 0 Å². The molecule has 6 nitrogen and oxygen atoms in total. The second-order valence-corrected chi connectivity index (χ2v) is 7.36. The molecule has 0 aromatic rings. The summed E-state index contributed by atoms with van der Waals surface area (Å²) in [6.45, 7) is 10.6. The highest BCUT2D eigenvalue weighted by Gasteiger charge is 2.20. The lowest BCUT2D eigenvalue weighted by atomic mass is 10.4. The van der Waals surface area contributed by atoms with Crippen LogP contribution in [0.15, 0.2) is 0 Å². The van der Waals surface area contributed by atoms with Gasteiger partial charge in [0, 0.05) is 87.4 Å². The fourth-order valence-corrected chi connectivity index (χ4v) is 4.71. The van der Waals surface area contributed by atoms with Gasteiger partial charge in [0.2, 0.25) is 0 Å². The summed E-state index contributed by atoms with van der Waals surface area (Å²) >= 11 is 0. The highest BCUT2D eigenvalue weighted by atomic mass is 33.1. The van der Waals surface area contributed by atoms with Gasteiger partial charge in [-0.3, -0.25) is 9.80 Å². The summed E-state index contributed by atoms with van der Waals surface area (Å²) in [5.74, 6) is 0. The van der Waals surface area contributed by atoms with E-state index in [0.29, 0.717) is 0 Å². The topological polar surface area (TPSA) is 53.4 Å². The van der Waals surface area contributed by atoms with Crippen LogP contribution in [0.1, 0.15) is 0 Å². The molecule has 2 fully saturated rings. The van der Waals surface area contributed by atoms with Crippen LogP contribution >= 0.6 is 22.0 Å². The molecule has 2 aliphatic rings. The van der Waals surface area contributed by atoms with Crippen LogP contribution in [0.3, 0.4) is 0 Å². The number of β-amino-alcohol motifs (C(OH)–C–C–N with tert-alkyl or cyclic N) is 2. The van der Waals surface area contributed by atoms with Crippen molar-refractivity contribution in [3.63, 3.8) is 0 Å². The van der Waals surface area contributed by atoms with Crippen molar-refractivity contribution in [2.24, 2.45) is 0 Å².